The van der Waals surface area contributed by atoms with E-state index in [1.807, 2.05) is 12.1 Å². The lowest BCUT2D eigenvalue weighted by molar-refractivity contribution is -0.120. The Hall–Kier alpha value is -1.43. The summed E-state index contributed by atoms with van der Waals surface area (Å²) in [6, 6.07) is 8.67. The van der Waals surface area contributed by atoms with E-state index in [-0.39, 0.29) is 11.8 Å². The first-order valence-corrected chi connectivity index (χ1v) is 8.64. The number of hydrogen-bond donors (Lipinski definition) is 2. The molecule has 2 N–H and O–H groups in total. The summed E-state index contributed by atoms with van der Waals surface area (Å²) in [6.07, 6.45) is 1.84. The summed E-state index contributed by atoms with van der Waals surface area (Å²) in [4.78, 5) is 14.8. The maximum atomic E-state index is 12.4. The molecule has 2 atom stereocenters. The minimum Gasteiger partial charge on any atom is -0.379 e. The number of rotatable bonds is 4. The number of morpholine rings is 1. The van der Waals surface area contributed by atoms with E-state index in [9.17, 15) is 4.79 Å². The second-order valence-electron chi connectivity index (χ2n) is 6.65. The molecule has 126 valence electrons. The van der Waals surface area contributed by atoms with Crippen LogP contribution in [0.25, 0.3) is 0 Å². The minimum atomic E-state index is 0.124. The molecule has 2 aliphatic heterocycles. The van der Waals surface area contributed by atoms with Gasteiger partial charge >= 0.3 is 0 Å². The highest BCUT2D eigenvalue weighted by molar-refractivity contribution is 5.92. The Labute approximate surface area is 138 Å². The van der Waals surface area contributed by atoms with Crippen LogP contribution in [-0.4, -0.2) is 49.7 Å². The van der Waals surface area contributed by atoms with Crippen LogP contribution in [0.1, 0.15) is 25.3 Å². The highest BCUT2D eigenvalue weighted by Gasteiger charge is 2.24. The highest BCUT2D eigenvalue weighted by Crippen LogP contribution is 2.19. The van der Waals surface area contributed by atoms with Gasteiger partial charge in [0, 0.05) is 37.3 Å². The fourth-order valence-electron chi connectivity index (χ4n) is 3.33. The van der Waals surface area contributed by atoms with Crippen molar-refractivity contribution in [3.8, 4) is 0 Å². The molecular weight excluding hydrogens is 290 g/mol. The molecular formula is C18H27N3O2. The van der Waals surface area contributed by atoms with Gasteiger partial charge in [-0.05, 0) is 44.0 Å². The molecule has 2 saturated heterocycles. The van der Waals surface area contributed by atoms with E-state index < -0.39 is 0 Å². The lowest BCUT2D eigenvalue weighted by atomic mass is 9.92. The summed E-state index contributed by atoms with van der Waals surface area (Å²) in [5.41, 5.74) is 2.17. The number of nitrogens with zero attached hydrogens (tertiary/aromatic N) is 1. The van der Waals surface area contributed by atoms with Gasteiger partial charge in [-0.3, -0.25) is 9.69 Å². The summed E-state index contributed by atoms with van der Waals surface area (Å²) in [7, 11) is 0. The molecule has 2 aliphatic rings. The first-order chi connectivity index (χ1) is 11.2. The number of carbonyl (C=O) groups excluding carboxylic acids is 1. The molecule has 3 rings (SSSR count). The summed E-state index contributed by atoms with van der Waals surface area (Å²) in [5, 5.41) is 6.45. The van der Waals surface area contributed by atoms with Gasteiger partial charge in [-0.25, -0.2) is 0 Å². The van der Waals surface area contributed by atoms with Crippen molar-refractivity contribution in [3.63, 3.8) is 0 Å². The number of nitrogens with one attached hydrogen (secondary N) is 2. The fraction of sp³-hybridized carbons (Fsp3) is 0.611. The molecule has 0 aliphatic carbocycles. The zero-order valence-corrected chi connectivity index (χ0v) is 13.9. The van der Waals surface area contributed by atoms with Gasteiger partial charge in [-0.15, -0.1) is 0 Å². The largest absolute Gasteiger partial charge is 0.379 e. The zero-order valence-electron chi connectivity index (χ0n) is 13.9. The molecule has 1 aromatic rings. The van der Waals surface area contributed by atoms with E-state index in [0.29, 0.717) is 6.04 Å². The van der Waals surface area contributed by atoms with Crippen molar-refractivity contribution in [2.75, 3.05) is 38.2 Å². The average Bonchev–Trinajstić information content (AvgIpc) is 2.57. The predicted molar refractivity (Wildman–Crippen MR) is 91.4 cm³/mol. The number of anilines is 1. The molecule has 0 aromatic heterocycles. The Morgan fingerprint density at radius 3 is 2.74 bits per heavy atom. The van der Waals surface area contributed by atoms with Gasteiger partial charge in [0.05, 0.1) is 13.2 Å². The molecule has 1 aromatic carbocycles. The van der Waals surface area contributed by atoms with Crippen LogP contribution in [0, 0.1) is 5.92 Å². The van der Waals surface area contributed by atoms with E-state index in [0.717, 1.165) is 57.9 Å². The normalized spacial score (nSPS) is 26.0. The molecule has 23 heavy (non-hydrogen) atoms. The Morgan fingerprint density at radius 1 is 1.30 bits per heavy atom. The second kappa shape index (κ2) is 7.90. The Morgan fingerprint density at radius 2 is 2.04 bits per heavy atom. The van der Waals surface area contributed by atoms with Crippen molar-refractivity contribution in [1.29, 1.82) is 0 Å². The summed E-state index contributed by atoms with van der Waals surface area (Å²) < 4.78 is 5.37. The van der Waals surface area contributed by atoms with Crippen LogP contribution < -0.4 is 10.6 Å². The Kier molecular flexibility index (Phi) is 5.65. The van der Waals surface area contributed by atoms with Crippen LogP contribution in [0.3, 0.4) is 0 Å². The van der Waals surface area contributed by atoms with Gasteiger partial charge in [-0.1, -0.05) is 12.1 Å². The maximum Gasteiger partial charge on any atom is 0.227 e. The van der Waals surface area contributed by atoms with Gasteiger partial charge in [0.15, 0.2) is 0 Å². The smallest absolute Gasteiger partial charge is 0.227 e. The van der Waals surface area contributed by atoms with Gasteiger partial charge in [0.2, 0.25) is 5.91 Å². The summed E-state index contributed by atoms with van der Waals surface area (Å²) in [6.45, 7) is 7.64. The number of piperidine rings is 1. The van der Waals surface area contributed by atoms with Crippen molar-refractivity contribution in [2.24, 2.45) is 5.92 Å². The van der Waals surface area contributed by atoms with Crippen molar-refractivity contribution in [2.45, 2.75) is 32.4 Å². The van der Waals surface area contributed by atoms with E-state index in [1.165, 1.54) is 5.56 Å². The molecule has 2 fully saturated rings. The van der Waals surface area contributed by atoms with Crippen molar-refractivity contribution in [1.82, 2.24) is 10.2 Å². The second-order valence-corrected chi connectivity index (χ2v) is 6.65. The van der Waals surface area contributed by atoms with E-state index in [1.54, 1.807) is 0 Å². The lowest BCUT2D eigenvalue weighted by Gasteiger charge is -2.27. The third kappa shape index (κ3) is 4.77. The van der Waals surface area contributed by atoms with Crippen molar-refractivity contribution >= 4 is 11.6 Å². The predicted octanol–water partition coefficient (Wildman–Crippen LogP) is 1.85. The van der Waals surface area contributed by atoms with Gasteiger partial charge < -0.3 is 15.4 Å². The number of carbonyl (C=O) groups is 1. The molecule has 5 nitrogen and oxygen atoms in total. The van der Waals surface area contributed by atoms with Crippen LogP contribution in [0.2, 0.25) is 0 Å². The maximum absolute atomic E-state index is 12.4. The zero-order chi connectivity index (χ0) is 16.1. The van der Waals surface area contributed by atoms with Crippen molar-refractivity contribution in [3.05, 3.63) is 29.8 Å². The molecule has 2 heterocycles. The van der Waals surface area contributed by atoms with Crippen molar-refractivity contribution < 1.29 is 9.53 Å². The van der Waals surface area contributed by atoms with Crippen LogP contribution in [-0.2, 0) is 16.1 Å². The molecule has 0 saturated carbocycles. The molecule has 0 spiro atoms. The average molecular weight is 317 g/mol. The summed E-state index contributed by atoms with van der Waals surface area (Å²) in [5.74, 6) is 0.276. The monoisotopic (exact) mass is 317 g/mol. The molecule has 0 unspecified atom stereocenters. The number of amides is 1. The van der Waals surface area contributed by atoms with E-state index >= 15 is 0 Å². The van der Waals surface area contributed by atoms with Crippen LogP contribution in [0.5, 0.6) is 0 Å². The Balaban J connectivity index is 1.51. The molecule has 0 bridgehead atoms. The standard InChI is InChI=1S/C18H27N3O2/c1-14-12-16(6-7-19-14)18(22)20-17-4-2-15(3-5-17)13-21-8-10-23-11-9-21/h2-5,14,16,19H,6-13H2,1H3,(H,20,22)/t14-,16-/m0/s1. The fourth-order valence-corrected chi connectivity index (χ4v) is 3.33. The lowest BCUT2D eigenvalue weighted by Crippen LogP contribution is -2.40. The minimum absolute atomic E-state index is 0.124. The first-order valence-electron chi connectivity index (χ1n) is 8.64. The summed E-state index contributed by atoms with van der Waals surface area (Å²) >= 11 is 0. The first kappa shape index (κ1) is 16.4. The molecule has 5 heteroatoms. The molecule has 0 radical (unpaired) electrons. The number of benzene rings is 1. The number of hydrogen-bond acceptors (Lipinski definition) is 4. The van der Waals surface area contributed by atoms with Gasteiger partial charge in [0.1, 0.15) is 0 Å². The Bertz CT molecular complexity index is 512. The third-order valence-corrected chi connectivity index (χ3v) is 4.73. The third-order valence-electron chi connectivity index (χ3n) is 4.73. The van der Waals surface area contributed by atoms with Gasteiger partial charge in [0.25, 0.3) is 0 Å². The van der Waals surface area contributed by atoms with E-state index in [2.05, 4.69) is 34.6 Å². The molecule has 1 amide bonds. The SMILES string of the molecule is C[C@H]1C[C@@H](C(=O)Nc2ccc(CN3CCOCC3)cc2)CCN1. The quantitative estimate of drug-likeness (QED) is 0.890. The van der Waals surface area contributed by atoms with Gasteiger partial charge in [-0.2, -0.15) is 0 Å². The van der Waals surface area contributed by atoms with E-state index in [4.69, 9.17) is 4.74 Å². The van der Waals surface area contributed by atoms with Crippen LogP contribution in [0.4, 0.5) is 5.69 Å². The van der Waals surface area contributed by atoms with Crippen LogP contribution in [0.15, 0.2) is 24.3 Å². The highest BCUT2D eigenvalue weighted by atomic mass is 16.5. The number of ether oxygens (including phenoxy) is 1. The van der Waals surface area contributed by atoms with Crippen LogP contribution >= 0.6 is 0 Å². The topological polar surface area (TPSA) is 53.6 Å².